The maximum Gasteiger partial charge on any atom is 0.0491 e. The predicted octanol–water partition coefficient (Wildman–Crippen LogP) is 3.48. The van der Waals surface area contributed by atoms with Crippen molar-refractivity contribution in [2.75, 3.05) is 6.54 Å². The molecule has 2 rings (SSSR count). The van der Waals surface area contributed by atoms with Gasteiger partial charge >= 0.3 is 0 Å². The minimum Gasteiger partial charge on any atom is -0.329 e. The van der Waals surface area contributed by atoms with E-state index in [9.17, 15) is 0 Å². The Balaban J connectivity index is 2.42. The Morgan fingerprint density at radius 1 is 1.18 bits per heavy atom. The number of aromatic nitrogens is 1. The van der Waals surface area contributed by atoms with Crippen molar-refractivity contribution >= 4 is 23.2 Å². The van der Waals surface area contributed by atoms with Crippen molar-refractivity contribution in [2.24, 2.45) is 5.73 Å². The van der Waals surface area contributed by atoms with Gasteiger partial charge in [-0.25, -0.2) is 0 Å². The van der Waals surface area contributed by atoms with Gasteiger partial charge in [-0.05, 0) is 29.8 Å². The molecule has 0 bridgehead atoms. The fourth-order valence-corrected chi connectivity index (χ4v) is 2.31. The van der Waals surface area contributed by atoms with E-state index in [4.69, 9.17) is 28.9 Å². The van der Waals surface area contributed by atoms with Crippen LogP contribution in [0.3, 0.4) is 0 Å². The Kier molecular flexibility index (Phi) is 4.00. The van der Waals surface area contributed by atoms with E-state index in [-0.39, 0.29) is 5.92 Å². The van der Waals surface area contributed by atoms with Crippen LogP contribution in [0.4, 0.5) is 0 Å². The molecule has 0 aliphatic rings. The van der Waals surface area contributed by atoms with Crippen LogP contribution in [0.15, 0.2) is 42.6 Å². The van der Waals surface area contributed by atoms with Crippen molar-refractivity contribution in [2.45, 2.75) is 5.92 Å². The fraction of sp³-hybridized carbons (Fsp3) is 0.154. The summed E-state index contributed by atoms with van der Waals surface area (Å²) in [5.41, 5.74) is 7.68. The summed E-state index contributed by atoms with van der Waals surface area (Å²) in [6.45, 7) is 0.457. The Morgan fingerprint density at radius 2 is 2.00 bits per heavy atom. The molecular weight excluding hydrogens is 255 g/mol. The molecule has 2 N–H and O–H groups in total. The molecule has 2 aromatic rings. The first-order chi connectivity index (χ1) is 8.22. The van der Waals surface area contributed by atoms with Crippen LogP contribution < -0.4 is 5.73 Å². The number of benzene rings is 1. The van der Waals surface area contributed by atoms with E-state index < -0.39 is 0 Å². The molecule has 1 aromatic heterocycles. The molecule has 0 saturated carbocycles. The molecule has 4 heteroatoms. The number of pyridine rings is 1. The highest BCUT2D eigenvalue weighted by Crippen LogP contribution is 2.30. The number of nitrogens with two attached hydrogens (primary N) is 1. The first kappa shape index (κ1) is 12.4. The van der Waals surface area contributed by atoms with Gasteiger partial charge < -0.3 is 5.73 Å². The normalized spacial score (nSPS) is 12.4. The van der Waals surface area contributed by atoms with Crippen LogP contribution in [0.1, 0.15) is 17.2 Å². The molecule has 0 radical (unpaired) electrons. The zero-order valence-corrected chi connectivity index (χ0v) is 10.6. The molecule has 0 amide bonds. The molecule has 17 heavy (non-hydrogen) atoms. The third kappa shape index (κ3) is 2.78. The third-order valence-electron chi connectivity index (χ3n) is 2.62. The first-order valence-electron chi connectivity index (χ1n) is 5.28. The standard InChI is InChI=1S/C13H12Cl2N2/c14-9-4-5-10(12(15)7-9)11(8-16)13-3-1-2-6-17-13/h1-7,11H,8,16H2. The molecule has 0 saturated heterocycles. The van der Waals surface area contributed by atoms with E-state index in [2.05, 4.69) is 4.98 Å². The van der Waals surface area contributed by atoms with Crippen LogP contribution in [-0.2, 0) is 0 Å². The molecule has 0 fully saturated rings. The lowest BCUT2D eigenvalue weighted by Gasteiger charge is -2.16. The molecule has 1 aromatic carbocycles. The van der Waals surface area contributed by atoms with Gasteiger partial charge in [0.2, 0.25) is 0 Å². The zero-order valence-electron chi connectivity index (χ0n) is 9.11. The molecule has 1 atom stereocenters. The van der Waals surface area contributed by atoms with Crippen molar-refractivity contribution < 1.29 is 0 Å². The lowest BCUT2D eigenvalue weighted by Crippen LogP contribution is -2.15. The lowest BCUT2D eigenvalue weighted by atomic mass is 9.95. The minimum atomic E-state index is 0.000895. The number of rotatable bonds is 3. The smallest absolute Gasteiger partial charge is 0.0491 e. The number of hydrogen-bond acceptors (Lipinski definition) is 2. The monoisotopic (exact) mass is 266 g/mol. The highest BCUT2D eigenvalue weighted by Gasteiger charge is 2.16. The van der Waals surface area contributed by atoms with Crippen molar-refractivity contribution in [3.8, 4) is 0 Å². The number of halogens is 2. The van der Waals surface area contributed by atoms with Crippen LogP contribution in [0.2, 0.25) is 10.0 Å². The van der Waals surface area contributed by atoms with Gasteiger partial charge in [0.15, 0.2) is 0 Å². The van der Waals surface area contributed by atoms with E-state index in [1.54, 1.807) is 12.3 Å². The summed E-state index contributed by atoms with van der Waals surface area (Å²) in [5, 5.41) is 1.24. The highest BCUT2D eigenvalue weighted by molar-refractivity contribution is 6.35. The van der Waals surface area contributed by atoms with Crippen molar-refractivity contribution in [1.82, 2.24) is 4.98 Å². The van der Waals surface area contributed by atoms with Gasteiger partial charge in [0, 0.05) is 34.4 Å². The third-order valence-corrected chi connectivity index (χ3v) is 3.18. The second kappa shape index (κ2) is 5.50. The molecule has 0 spiro atoms. The van der Waals surface area contributed by atoms with Crippen molar-refractivity contribution in [3.05, 3.63) is 63.9 Å². The minimum absolute atomic E-state index is 0.000895. The van der Waals surface area contributed by atoms with Gasteiger partial charge in [-0.3, -0.25) is 4.98 Å². The Morgan fingerprint density at radius 3 is 2.59 bits per heavy atom. The highest BCUT2D eigenvalue weighted by atomic mass is 35.5. The number of hydrogen-bond donors (Lipinski definition) is 1. The molecule has 88 valence electrons. The van der Waals surface area contributed by atoms with Crippen molar-refractivity contribution in [1.29, 1.82) is 0 Å². The van der Waals surface area contributed by atoms with Crippen LogP contribution in [0.5, 0.6) is 0 Å². The van der Waals surface area contributed by atoms with Gasteiger partial charge in [-0.15, -0.1) is 0 Å². The Hall–Kier alpha value is -1.09. The fourth-order valence-electron chi connectivity index (χ4n) is 1.77. The molecule has 2 nitrogen and oxygen atoms in total. The molecule has 1 unspecified atom stereocenters. The Labute approximate surface area is 110 Å². The average molecular weight is 267 g/mol. The molecular formula is C13H12Cl2N2. The van der Waals surface area contributed by atoms with Crippen LogP contribution in [0.25, 0.3) is 0 Å². The largest absolute Gasteiger partial charge is 0.329 e. The number of nitrogens with zero attached hydrogens (tertiary/aromatic N) is 1. The summed E-state index contributed by atoms with van der Waals surface area (Å²) in [4.78, 5) is 4.32. The van der Waals surface area contributed by atoms with Crippen molar-refractivity contribution in [3.63, 3.8) is 0 Å². The van der Waals surface area contributed by atoms with E-state index in [0.29, 0.717) is 16.6 Å². The van der Waals surface area contributed by atoms with E-state index in [1.807, 2.05) is 30.3 Å². The summed E-state index contributed by atoms with van der Waals surface area (Å²) in [5.74, 6) is 0.000895. The van der Waals surface area contributed by atoms with E-state index in [1.165, 1.54) is 0 Å². The second-order valence-electron chi connectivity index (χ2n) is 3.71. The summed E-state index contributed by atoms with van der Waals surface area (Å²) in [6, 6.07) is 11.2. The van der Waals surface area contributed by atoms with Gasteiger partial charge in [0.1, 0.15) is 0 Å². The van der Waals surface area contributed by atoms with Crippen LogP contribution in [-0.4, -0.2) is 11.5 Å². The summed E-state index contributed by atoms with van der Waals surface area (Å²) in [7, 11) is 0. The first-order valence-corrected chi connectivity index (χ1v) is 6.04. The maximum atomic E-state index is 6.19. The predicted molar refractivity (Wildman–Crippen MR) is 71.6 cm³/mol. The second-order valence-corrected chi connectivity index (χ2v) is 4.55. The Bertz CT molecular complexity index is 500. The van der Waals surface area contributed by atoms with E-state index in [0.717, 1.165) is 11.3 Å². The van der Waals surface area contributed by atoms with Gasteiger partial charge in [-0.2, -0.15) is 0 Å². The summed E-state index contributed by atoms with van der Waals surface area (Å²) < 4.78 is 0. The topological polar surface area (TPSA) is 38.9 Å². The summed E-state index contributed by atoms with van der Waals surface area (Å²) in [6.07, 6.45) is 1.75. The maximum absolute atomic E-state index is 6.19. The SMILES string of the molecule is NCC(c1ccccn1)c1ccc(Cl)cc1Cl. The molecule has 0 aliphatic heterocycles. The zero-order chi connectivity index (χ0) is 12.3. The van der Waals surface area contributed by atoms with E-state index >= 15 is 0 Å². The quantitative estimate of drug-likeness (QED) is 0.924. The molecule has 1 heterocycles. The van der Waals surface area contributed by atoms with Gasteiger partial charge in [-0.1, -0.05) is 35.3 Å². The lowest BCUT2D eigenvalue weighted by molar-refractivity contribution is 0.787. The van der Waals surface area contributed by atoms with Crippen LogP contribution >= 0.6 is 23.2 Å². The van der Waals surface area contributed by atoms with Gasteiger partial charge in [0.05, 0.1) is 0 Å². The van der Waals surface area contributed by atoms with Gasteiger partial charge in [0.25, 0.3) is 0 Å². The summed E-state index contributed by atoms with van der Waals surface area (Å²) >= 11 is 12.1. The molecule has 0 aliphatic carbocycles. The average Bonchev–Trinajstić information content (AvgIpc) is 2.34. The van der Waals surface area contributed by atoms with Crippen LogP contribution in [0, 0.1) is 0 Å².